The minimum absolute atomic E-state index is 0.0226. The van der Waals surface area contributed by atoms with E-state index in [9.17, 15) is 4.79 Å². The van der Waals surface area contributed by atoms with Crippen LogP contribution in [-0.4, -0.2) is 44.6 Å². The maximum atomic E-state index is 11.4. The van der Waals surface area contributed by atoms with Crippen molar-refractivity contribution in [3.63, 3.8) is 0 Å². The number of rotatable bonds is 8. The maximum absolute atomic E-state index is 11.4. The number of nitrogens with two attached hydrogens (primary N) is 1. The fraction of sp³-hybridized carbons (Fsp3) is 0.533. The van der Waals surface area contributed by atoms with Crippen molar-refractivity contribution in [3.8, 4) is 5.75 Å². The number of carbonyl (C=O) groups excluding carboxylic acids is 1. The number of benzene rings is 1. The Kier molecular flexibility index (Phi) is 7.04. The Labute approximate surface area is 121 Å². The summed E-state index contributed by atoms with van der Waals surface area (Å²) in [6, 6.07) is 7.79. The van der Waals surface area contributed by atoms with Crippen LogP contribution in [0.4, 0.5) is 0 Å². The molecular formula is C15H25N3O2. The topological polar surface area (TPSA) is 67.6 Å². The molecule has 5 nitrogen and oxygen atoms in total. The summed E-state index contributed by atoms with van der Waals surface area (Å²) in [5, 5.41) is 2.66. The van der Waals surface area contributed by atoms with Gasteiger partial charge in [0, 0.05) is 32.6 Å². The molecule has 0 bridgehead atoms. The molecule has 1 amide bonds. The number of amides is 1. The third-order valence-corrected chi connectivity index (χ3v) is 3.16. The summed E-state index contributed by atoms with van der Waals surface area (Å²) >= 11 is 0. The van der Waals surface area contributed by atoms with E-state index in [0.717, 1.165) is 17.9 Å². The number of carbonyl (C=O) groups is 1. The second kappa shape index (κ2) is 8.55. The molecule has 0 saturated carbocycles. The molecule has 20 heavy (non-hydrogen) atoms. The molecule has 0 aliphatic rings. The summed E-state index contributed by atoms with van der Waals surface area (Å²) in [5.74, 6) is 0.875. The summed E-state index contributed by atoms with van der Waals surface area (Å²) < 4.78 is 5.69. The highest BCUT2D eigenvalue weighted by molar-refractivity contribution is 5.78. The minimum atomic E-state index is -0.0226. The van der Waals surface area contributed by atoms with Crippen LogP contribution in [0.25, 0.3) is 0 Å². The molecule has 0 aliphatic heterocycles. The van der Waals surface area contributed by atoms with Crippen LogP contribution in [0.2, 0.25) is 0 Å². The van der Waals surface area contributed by atoms with Gasteiger partial charge in [-0.1, -0.05) is 19.1 Å². The molecule has 1 aromatic carbocycles. The molecule has 1 atom stereocenters. The molecule has 1 aromatic rings. The molecule has 0 fully saturated rings. The SMILES string of the molecule is CNC(=O)C(C)CN(C)CCOc1cccc(CN)c1. The molecule has 5 heteroatoms. The molecule has 1 unspecified atom stereocenters. The summed E-state index contributed by atoms with van der Waals surface area (Å²) in [4.78, 5) is 13.5. The van der Waals surface area contributed by atoms with Gasteiger partial charge in [-0.2, -0.15) is 0 Å². The van der Waals surface area contributed by atoms with Gasteiger partial charge < -0.3 is 20.7 Å². The van der Waals surface area contributed by atoms with E-state index in [0.29, 0.717) is 19.7 Å². The van der Waals surface area contributed by atoms with Gasteiger partial charge in [0.25, 0.3) is 0 Å². The third-order valence-electron chi connectivity index (χ3n) is 3.16. The van der Waals surface area contributed by atoms with Gasteiger partial charge >= 0.3 is 0 Å². The van der Waals surface area contributed by atoms with E-state index in [2.05, 4.69) is 10.2 Å². The Balaban J connectivity index is 2.31. The van der Waals surface area contributed by atoms with Crippen molar-refractivity contribution in [1.29, 1.82) is 0 Å². The molecule has 0 aliphatic carbocycles. The zero-order valence-electron chi connectivity index (χ0n) is 12.6. The van der Waals surface area contributed by atoms with Crippen LogP contribution in [-0.2, 0) is 11.3 Å². The highest BCUT2D eigenvalue weighted by Gasteiger charge is 2.13. The number of nitrogens with one attached hydrogen (secondary N) is 1. The van der Waals surface area contributed by atoms with E-state index in [4.69, 9.17) is 10.5 Å². The van der Waals surface area contributed by atoms with Crippen molar-refractivity contribution in [2.45, 2.75) is 13.5 Å². The molecule has 1 rings (SSSR count). The van der Waals surface area contributed by atoms with Crippen molar-refractivity contribution in [2.75, 3.05) is 33.8 Å². The Morgan fingerprint density at radius 3 is 2.90 bits per heavy atom. The second-order valence-corrected chi connectivity index (χ2v) is 4.98. The summed E-state index contributed by atoms with van der Waals surface area (Å²) in [5.41, 5.74) is 6.65. The predicted octanol–water partition coefficient (Wildman–Crippen LogP) is 0.838. The summed E-state index contributed by atoms with van der Waals surface area (Å²) in [7, 11) is 3.64. The first-order valence-corrected chi connectivity index (χ1v) is 6.88. The van der Waals surface area contributed by atoms with Gasteiger partial charge in [-0.05, 0) is 24.7 Å². The van der Waals surface area contributed by atoms with Crippen molar-refractivity contribution in [1.82, 2.24) is 10.2 Å². The van der Waals surface area contributed by atoms with Crippen LogP contribution in [0, 0.1) is 5.92 Å². The first kappa shape index (κ1) is 16.5. The molecule has 0 saturated heterocycles. The van der Waals surface area contributed by atoms with Crippen LogP contribution < -0.4 is 15.8 Å². The standard InChI is InChI=1S/C15H25N3O2/c1-12(15(19)17-2)11-18(3)7-8-20-14-6-4-5-13(9-14)10-16/h4-6,9,12H,7-8,10-11,16H2,1-3H3,(H,17,19). The maximum Gasteiger partial charge on any atom is 0.223 e. The lowest BCUT2D eigenvalue weighted by Gasteiger charge is -2.20. The summed E-state index contributed by atoms with van der Waals surface area (Å²) in [6.45, 7) is 4.51. The highest BCUT2D eigenvalue weighted by atomic mass is 16.5. The second-order valence-electron chi connectivity index (χ2n) is 4.98. The smallest absolute Gasteiger partial charge is 0.223 e. The Morgan fingerprint density at radius 2 is 2.25 bits per heavy atom. The van der Waals surface area contributed by atoms with Gasteiger partial charge in [0.15, 0.2) is 0 Å². The Morgan fingerprint density at radius 1 is 1.50 bits per heavy atom. The van der Waals surface area contributed by atoms with E-state index in [1.54, 1.807) is 7.05 Å². The highest BCUT2D eigenvalue weighted by Crippen LogP contribution is 2.12. The van der Waals surface area contributed by atoms with Gasteiger partial charge in [0.2, 0.25) is 5.91 Å². The first-order chi connectivity index (χ1) is 9.56. The molecular weight excluding hydrogens is 254 g/mol. The zero-order valence-corrected chi connectivity index (χ0v) is 12.6. The predicted molar refractivity (Wildman–Crippen MR) is 80.6 cm³/mol. The van der Waals surface area contributed by atoms with Crippen LogP contribution in [0.3, 0.4) is 0 Å². The molecule has 112 valence electrons. The van der Waals surface area contributed by atoms with Gasteiger partial charge in [-0.15, -0.1) is 0 Å². The summed E-state index contributed by atoms with van der Waals surface area (Å²) in [6.07, 6.45) is 0. The fourth-order valence-electron chi connectivity index (χ4n) is 1.97. The van der Waals surface area contributed by atoms with E-state index in [-0.39, 0.29) is 11.8 Å². The lowest BCUT2D eigenvalue weighted by atomic mass is 10.1. The molecule has 3 N–H and O–H groups in total. The number of likely N-dealkylation sites (N-methyl/N-ethyl adjacent to an activating group) is 1. The average molecular weight is 279 g/mol. The third kappa shape index (κ3) is 5.59. The van der Waals surface area contributed by atoms with Crippen LogP contribution in [0.15, 0.2) is 24.3 Å². The van der Waals surface area contributed by atoms with Gasteiger partial charge in [-0.25, -0.2) is 0 Å². The molecule has 0 radical (unpaired) electrons. The van der Waals surface area contributed by atoms with Crippen molar-refractivity contribution in [3.05, 3.63) is 29.8 Å². The lowest BCUT2D eigenvalue weighted by molar-refractivity contribution is -0.124. The number of ether oxygens (including phenoxy) is 1. The van der Waals surface area contributed by atoms with E-state index in [1.807, 2.05) is 38.2 Å². The van der Waals surface area contributed by atoms with Crippen LogP contribution in [0.1, 0.15) is 12.5 Å². The van der Waals surface area contributed by atoms with Crippen molar-refractivity contribution >= 4 is 5.91 Å². The average Bonchev–Trinajstić information content (AvgIpc) is 2.46. The van der Waals surface area contributed by atoms with Crippen LogP contribution in [0.5, 0.6) is 5.75 Å². The van der Waals surface area contributed by atoms with Gasteiger partial charge in [-0.3, -0.25) is 4.79 Å². The monoisotopic (exact) mass is 279 g/mol. The lowest BCUT2D eigenvalue weighted by Crippen LogP contribution is -2.36. The fourth-order valence-corrected chi connectivity index (χ4v) is 1.97. The van der Waals surface area contributed by atoms with E-state index in [1.165, 1.54) is 0 Å². The van der Waals surface area contributed by atoms with Crippen molar-refractivity contribution < 1.29 is 9.53 Å². The Hall–Kier alpha value is -1.59. The molecule has 0 heterocycles. The van der Waals surface area contributed by atoms with Gasteiger partial charge in [0.1, 0.15) is 12.4 Å². The Bertz CT molecular complexity index is 423. The number of nitrogens with zero attached hydrogens (tertiary/aromatic N) is 1. The normalized spacial score (nSPS) is 12.2. The van der Waals surface area contributed by atoms with E-state index >= 15 is 0 Å². The quantitative estimate of drug-likeness (QED) is 0.740. The largest absolute Gasteiger partial charge is 0.492 e. The molecule has 0 aromatic heterocycles. The van der Waals surface area contributed by atoms with E-state index < -0.39 is 0 Å². The van der Waals surface area contributed by atoms with Crippen LogP contribution >= 0.6 is 0 Å². The number of hydrogen-bond acceptors (Lipinski definition) is 4. The first-order valence-electron chi connectivity index (χ1n) is 6.88. The molecule has 0 spiro atoms. The minimum Gasteiger partial charge on any atom is -0.492 e. The van der Waals surface area contributed by atoms with Crippen molar-refractivity contribution in [2.24, 2.45) is 11.7 Å². The zero-order chi connectivity index (χ0) is 15.0. The number of hydrogen-bond donors (Lipinski definition) is 2. The van der Waals surface area contributed by atoms with Gasteiger partial charge in [0.05, 0.1) is 0 Å².